The topological polar surface area (TPSA) is 55.8 Å². The third-order valence-electron chi connectivity index (χ3n) is 4.52. The Morgan fingerprint density at radius 3 is 2.10 bits per heavy atom. The van der Waals surface area contributed by atoms with Crippen LogP contribution in [0.25, 0.3) is 0 Å². The molecule has 5 heteroatoms. The first-order valence-corrected chi connectivity index (χ1v) is 7.85. The first kappa shape index (κ1) is 15.6. The molecule has 116 valence electrons. The Kier molecular flexibility index (Phi) is 4.91. The molecule has 0 bridgehead atoms. The van der Waals surface area contributed by atoms with E-state index in [-0.39, 0.29) is 17.7 Å². The van der Waals surface area contributed by atoms with Gasteiger partial charge in [-0.2, -0.15) is 0 Å². The minimum atomic E-state index is -0.228. The molecule has 2 amide bonds. The second-order valence-corrected chi connectivity index (χ2v) is 7.10. The van der Waals surface area contributed by atoms with Gasteiger partial charge in [-0.15, -0.1) is 0 Å². The average Bonchev–Trinajstić information content (AvgIpc) is 2.39. The van der Waals surface area contributed by atoms with Crippen molar-refractivity contribution in [1.29, 1.82) is 0 Å². The van der Waals surface area contributed by atoms with Gasteiger partial charge in [0, 0.05) is 37.8 Å². The number of rotatable bonds is 1. The lowest BCUT2D eigenvalue weighted by molar-refractivity contribution is 0.0839. The van der Waals surface area contributed by atoms with Crippen molar-refractivity contribution in [1.82, 2.24) is 15.1 Å². The van der Waals surface area contributed by atoms with Gasteiger partial charge in [0.25, 0.3) is 0 Å². The molecule has 0 atom stereocenters. The highest BCUT2D eigenvalue weighted by atomic mass is 16.3. The Morgan fingerprint density at radius 1 is 1.05 bits per heavy atom. The molecule has 0 aromatic rings. The number of hydrogen-bond donors (Lipinski definition) is 2. The maximum absolute atomic E-state index is 12.2. The van der Waals surface area contributed by atoms with Crippen LogP contribution in [-0.4, -0.2) is 64.8 Å². The van der Waals surface area contributed by atoms with E-state index in [0.29, 0.717) is 32.0 Å². The number of nitrogens with zero attached hydrogens (tertiary/aromatic N) is 2. The van der Waals surface area contributed by atoms with Crippen molar-refractivity contribution in [2.45, 2.75) is 64.1 Å². The van der Waals surface area contributed by atoms with Gasteiger partial charge >= 0.3 is 6.03 Å². The molecule has 2 rings (SSSR count). The van der Waals surface area contributed by atoms with Gasteiger partial charge in [-0.05, 0) is 46.5 Å². The molecule has 2 aliphatic rings. The highest BCUT2D eigenvalue weighted by Crippen LogP contribution is 2.20. The number of hydrogen-bond acceptors (Lipinski definition) is 3. The van der Waals surface area contributed by atoms with Crippen molar-refractivity contribution in [3.8, 4) is 0 Å². The van der Waals surface area contributed by atoms with Crippen molar-refractivity contribution < 1.29 is 9.90 Å². The van der Waals surface area contributed by atoms with E-state index in [1.165, 1.54) is 0 Å². The van der Waals surface area contributed by atoms with E-state index in [4.69, 9.17) is 0 Å². The largest absolute Gasteiger partial charge is 0.393 e. The summed E-state index contributed by atoms with van der Waals surface area (Å²) >= 11 is 0. The number of amides is 2. The van der Waals surface area contributed by atoms with Gasteiger partial charge in [0.15, 0.2) is 0 Å². The fourth-order valence-corrected chi connectivity index (χ4v) is 3.03. The summed E-state index contributed by atoms with van der Waals surface area (Å²) in [6.45, 7) is 10.2. The first-order valence-electron chi connectivity index (χ1n) is 7.85. The number of piperidine rings is 2. The first-order chi connectivity index (χ1) is 9.36. The summed E-state index contributed by atoms with van der Waals surface area (Å²) < 4.78 is 0. The lowest BCUT2D eigenvalue weighted by Gasteiger charge is -2.41. The summed E-state index contributed by atoms with van der Waals surface area (Å²) in [5, 5.41) is 12.6. The van der Waals surface area contributed by atoms with Crippen molar-refractivity contribution in [2.75, 3.05) is 26.2 Å². The standard InChI is InChI=1S/C15H29N3O2/c1-15(2,3)18-10-4-12(5-11-18)16-14(20)17-8-6-13(19)7-9-17/h12-13,19H,4-11H2,1-3H3,(H,16,20). The number of aliphatic hydroxyl groups excluding tert-OH is 1. The molecule has 20 heavy (non-hydrogen) atoms. The number of carbonyl (C=O) groups excluding carboxylic acids is 1. The third kappa shape index (κ3) is 4.09. The molecule has 0 aromatic carbocycles. The molecule has 0 saturated carbocycles. The minimum Gasteiger partial charge on any atom is -0.393 e. The van der Waals surface area contributed by atoms with Gasteiger partial charge in [0.1, 0.15) is 0 Å². The van der Waals surface area contributed by atoms with Crippen LogP contribution in [0.3, 0.4) is 0 Å². The van der Waals surface area contributed by atoms with Crippen LogP contribution in [0, 0.1) is 0 Å². The van der Waals surface area contributed by atoms with Crippen molar-refractivity contribution in [3.05, 3.63) is 0 Å². The van der Waals surface area contributed by atoms with Crippen LogP contribution in [0.4, 0.5) is 4.79 Å². The molecule has 2 saturated heterocycles. The van der Waals surface area contributed by atoms with Crippen LogP contribution in [0.15, 0.2) is 0 Å². The highest BCUT2D eigenvalue weighted by molar-refractivity contribution is 5.74. The van der Waals surface area contributed by atoms with Crippen LogP contribution < -0.4 is 5.32 Å². The summed E-state index contributed by atoms with van der Waals surface area (Å²) in [7, 11) is 0. The number of aliphatic hydroxyl groups is 1. The van der Waals surface area contributed by atoms with Gasteiger partial charge in [0.05, 0.1) is 6.10 Å². The molecule has 0 aliphatic carbocycles. The predicted molar refractivity (Wildman–Crippen MR) is 79.7 cm³/mol. The normalized spacial score (nSPS) is 23.9. The van der Waals surface area contributed by atoms with Crippen LogP contribution in [0.5, 0.6) is 0 Å². The molecule has 2 N–H and O–H groups in total. The number of likely N-dealkylation sites (tertiary alicyclic amines) is 2. The smallest absolute Gasteiger partial charge is 0.317 e. The molecule has 2 fully saturated rings. The molecule has 0 aromatic heterocycles. The third-order valence-corrected chi connectivity index (χ3v) is 4.52. The summed E-state index contributed by atoms with van der Waals surface area (Å²) in [6, 6.07) is 0.346. The zero-order valence-electron chi connectivity index (χ0n) is 13.1. The van der Waals surface area contributed by atoms with E-state index < -0.39 is 0 Å². The quantitative estimate of drug-likeness (QED) is 0.765. The molecule has 0 spiro atoms. The number of carbonyl (C=O) groups is 1. The van der Waals surface area contributed by atoms with Crippen LogP contribution in [0.2, 0.25) is 0 Å². The van der Waals surface area contributed by atoms with Gasteiger partial charge in [-0.3, -0.25) is 4.90 Å². The van der Waals surface area contributed by atoms with Gasteiger partial charge in [-0.1, -0.05) is 0 Å². The van der Waals surface area contributed by atoms with E-state index in [1.54, 1.807) is 0 Å². The fourth-order valence-electron chi connectivity index (χ4n) is 3.03. The summed E-state index contributed by atoms with van der Waals surface area (Å²) in [6.07, 6.45) is 3.24. The lowest BCUT2D eigenvalue weighted by atomic mass is 9.98. The molecular weight excluding hydrogens is 254 g/mol. The molecular formula is C15H29N3O2. The summed E-state index contributed by atoms with van der Waals surface area (Å²) in [5.74, 6) is 0. The van der Waals surface area contributed by atoms with Crippen LogP contribution in [-0.2, 0) is 0 Å². The van der Waals surface area contributed by atoms with Crippen LogP contribution >= 0.6 is 0 Å². The monoisotopic (exact) mass is 283 g/mol. The SMILES string of the molecule is CC(C)(C)N1CCC(NC(=O)N2CCC(O)CC2)CC1. The van der Waals surface area contributed by atoms with E-state index in [0.717, 1.165) is 25.9 Å². The maximum Gasteiger partial charge on any atom is 0.317 e. The van der Waals surface area contributed by atoms with Crippen molar-refractivity contribution >= 4 is 6.03 Å². The Balaban J connectivity index is 1.74. The van der Waals surface area contributed by atoms with Gasteiger partial charge in [0.2, 0.25) is 0 Å². The maximum atomic E-state index is 12.2. The predicted octanol–water partition coefficient (Wildman–Crippen LogP) is 1.42. The minimum absolute atomic E-state index is 0.0473. The Labute approximate surface area is 122 Å². The van der Waals surface area contributed by atoms with Gasteiger partial charge in [-0.25, -0.2) is 4.79 Å². The van der Waals surface area contributed by atoms with E-state index >= 15 is 0 Å². The number of nitrogens with one attached hydrogen (secondary N) is 1. The highest BCUT2D eigenvalue weighted by Gasteiger charge is 2.29. The molecule has 0 radical (unpaired) electrons. The Hall–Kier alpha value is -0.810. The average molecular weight is 283 g/mol. The molecule has 0 unspecified atom stereocenters. The van der Waals surface area contributed by atoms with Crippen molar-refractivity contribution in [2.24, 2.45) is 0 Å². The van der Waals surface area contributed by atoms with Gasteiger partial charge < -0.3 is 15.3 Å². The summed E-state index contributed by atoms with van der Waals surface area (Å²) in [5.41, 5.74) is 0.220. The van der Waals surface area contributed by atoms with Crippen molar-refractivity contribution in [3.63, 3.8) is 0 Å². The molecule has 5 nitrogen and oxygen atoms in total. The number of urea groups is 1. The second kappa shape index (κ2) is 6.31. The Morgan fingerprint density at radius 2 is 1.60 bits per heavy atom. The van der Waals surface area contributed by atoms with E-state index in [1.807, 2.05) is 4.90 Å². The Bertz CT molecular complexity index is 325. The lowest BCUT2D eigenvalue weighted by Crippen LogP contribution is -2.53. The molecule has 2 aliphatic heterocycles. The zero-order chi connectivity index (χ0) is 14.8. The molecule has 2 heterocycles. The van der Waals surface area contributed by atoms with E-state index in [9.17, 15) is 9.90 Å². The van der Waals surface area contributed by atoms with Crippen LogP contribution in [0.1, 0.15) is 46.5 Å². The second-order valence-electron chi connectivity index (χ2n) is 7.10. The fraction of sp³-hybridized carbons (Fsp3) is 0.933. The van der Waals surface area contributed by atoms with E-state index in [2.05, 4.69) is 31.0 Å². The summed E-state index contributed by atoms with van der Waals surface area (Å²) in [4.78, 5) is 16.5. The zero-order valence-corrected chi connectivity index (χ0v) is 13.1.